The minimum atomic E-state index is -4.24. The van der Waals surface area contributed by atoms with E-state index in [9.17, 15) is 22.4 Å². The second-order valence-electron chi connectivity index (χ2n) is 4.04. The fourth-order valence-electron chi connectivity index (χ4n) is 1.43. The highest BCUT2D eigenvalue weighted by atomic mass is 19.3. The van der Waals surface area contributed by atoms with Crippen LogP contribution in [0, 0.1) is 6.92 Å². The molecule has 0 bridgehead atoms. The SMILES string of the molecule is CNc1ccc(C)cc1C(=O)NCC(F)(F)C(F)F. The number of hydrogen-bond acceptors (Lipinski definition) is 2. The second kappa shape index (κ2) is 5.90. The first-order valence-corrected chi connectivity index (χ1v) is 5.50. The highest BCUT2D eigenvalue weighted by Gasteiger charge is 2.40. The summed E-state index contributed by atoms with van der Waals surface area (Å²) < 4.78 is 49.3. The number of carbonyl (C=O) groups is 1. The lowest BCUT2D eigenvalue weighted by molar-refractivity contribution is -0.123. The standard InChI is InChI=1S/C12H14F4N2O/c1-7-3-4-9(17-2)8(5-7)10(19)18-6-12(15,16)11(13)14/h3-5,11,17H,6H2,1-2H3,(H,18,19). The summed E-state index contributed by atoms with van der Waals surface area (Å²) in [5.74, 6) is -5.06. The Kier molecular flexibility index (Phi) is 4.74. The van der Waals surface area contributed by atoms with Crippen molar-refractivity contribution in [3.8, 4) is 0 Å². The molecule has 0 aliphatic heterocycles. The van der Waals surface area contributed by atoms with Gasteiger partial charge in [-0.15, -0.1) is 0 Å². The normalized spacial score (nSPS) is 11.5. The van der Waals surface area contributed by atoms with Crippen LogP contribution in [-0.4, -0.2) is 31.8 Å². The van der Waals surface area contributed by atoms with Crippen molar-refractivity contribution in [2.45, 2.75) is 19.3 Å². The summed E-state index contributed by atoms with van der Waals surface area (Å²) in [6, 6.07) is 4.83. The Morgan fingerprint density at radius 3 is 2.53 bits per heavy atom. The number of alkyl halides is 4. The Morgan fingerprint density at radius 2 is 2.00 bits per heavy atom. The molecule has 1 aromatic rings. The average Bonchev–Trinajstić information content (AvgIpc) is 2.35. The summed E-state index contributed by atoms with van der Waals surface area (Å²) in [5.41, 5.74) is 1.32. The van der Waals surface area contributed by atoms with E-state index in [0.717, 1.165) is 5.56 Å². The molecular formula is C12H14F4N2O. The molecule has 0 aliphatic carbocycles. The number of hydrogen-bond donors (Lipinski definition) is 2. The van der Waals surface area contributed by atoms with Crippen LogP contribution in [0.2, 0.25) is 0 Å². The number of rotatable bonds is 5. The largest absolute Gasteiger partial charge is 0.387 e. The van der Waals surface area contributed by atoms with E-state index in [1.165, 1.54) is 6.07 Å². The lowest BCUT2D eigenvalue weighted by Crippen LogP contribution is -2.41. The van der Waals surface area contributed by atoms with Crippen LogP contribution in [-0.2, 0) is 0 Å². The zero-order chi connectivity index (χ0) is 14.6. The Bertz CT molecular complexity index is 463. The summed E-state index contributed by atoms with van der Waals surface area (Å²) in [6.07, 6.45) is -3.81. The van der Waals surface area contributed by atoms with E-state index in [1.807, 2.05) is 5.32 Å². The molecule has 106 valence electrons. The molecule has 0 radical (unpaired) electrons. The maximum absolute atomic E-state index is 12.7. The summed E-state index contributed by atoms with van der Waals surface area (Å²) in [4.78, 5) is 11.7. The van der Waals surface area contributed by atoms with Crippen LogP contribution >= 0.6 is 0 Å². The van der Waals surface area contributed by atoms with E-state index >= 15 is 0 Å². The van der Waals surface area contributed by atoms with Crippen LogP contribution < -0.4 is 10.6 Å². The van der Waals surface area contributed by atoms with E-state index in [-0.39, 0.29) is 5.56 Å². The van der Waals surface area contributed by atoms with Crippen molar-refractivity contribution in [2.75, 3.05) is 18.9 Å². The molecular weight excluding hydrogens is 264 g/mol. The molecule has 1 aromatic carbocycles. The molecule has 19 heavy (non-hydrogen) atoms. The van der Waals surface area contributed by atoms with Gasteiger partial charge in [-0.25, -0.2) is 8.78 Å². The number of benzene rings is 1. The lowest BCUT2D eigenvalue weighted by atomic mass is 10.1. The maximum Gasteiger partial charge on any atom is 0.324 e. The van der Waals surface area contributed by atoms with E-state index in [2.05, 4.69) is 5.32 Å². The van der Waals surface area contributed by atoms with Crippen LogP contribution in [0.5, 0.6) is 0 Å². The molecule has 7 heteroatoms. The van der Waals surface area contributed by atoms with Gasteiger partial charge in [-0.2, -0.15) is 8.78 Å². The van der Waals surface area contributed by atoms with E-state index in [4.69, 9.17) is 0 Å². The van der Waals surface area contributed by atoms with Gasteiger partial charge in [-0.1, -0.05) is 11.6 Å². The van der Waals surface area contributed by atoms with Crippen LogP contribution in [0.3, 0.4) is 0 Å². The zero-order valence-corrected chi connectivity index (χ0v) is 10.4. The molecule has 0 aliphatic rings. The molecule has 2 N–H and O–H groups in total. The quantitative estimate of drug-likeness (QED) is 0.813. The molecule has 1 amide bonds. The molecule has 0 spiro atoms. The number of nitrogens with one attached hydrogen (secondary N) is 2. The third kappa shape index (κ3) is 3.84. The van der Waals surface area contributed by atoms with Crippen LogP contribution in [0.4, 0.5) is 23.2 Å². The van der Waals surface area contributed by atoms with Gasteiger partial charge >= 0.3 is 12.3 Å². The number of anilines is 1. The summed E-state index contributed by atoms with van der Waals surface area (Å²) >= 11 is 0. The topological polar surface area (TPSA) is 41.1 Å². The summed E-state index contributed by atoms with van der Waals surface area (Å²) in [7, 11) is 1.56. The number of amides is 1. The third-order valence-corrected chi connectivity index (χ3v) is 2.49. The zero-order valence-electron chi connectivity index (χ0n) is 10.4. The molecule has 0 heterocycles. The summed E-state index contributed by atoms with van der Waals surface area (Å²) in [6.45, 7) is 0.324. The molecule has 0 unspecified atom stereocenters. The van der Waals surface area contributed by atoms with Gasteiger partial charge in [-0.3, -0.25) is 4.79 Å². The van der Waals surface area contributed by atoms with Crippen LogP contribution in [0.1, 0.15) is 15.9 Å². The molecule has 0 fully saturated rings. The number of aryl methyl sites for hydroxylation is 1. The molecule has 3 nitrogen and oxygen atoms in total. The fourth-order valence-corrected chi connectivity index (χ4v) is 1.43. The molecule has 0 saturated carbocycles. The Morgan fingerprint density at radius 1 is 1.37 bits per heavy atom. The van der Waals surface area contributed by atoms with Gasteiger partial charge in [0.15, 0.2) is 0 Å². The average molecular weight is 278 g/mol. The van der Waals surface area contributed by atoms with Crippen molar-refractivity contribution < 1.29 is 22.4 Å². The third-order valence-electron chi connectivity index (χ3n) is 2.49. The van der Waals surface area contributed by atoms with Gasteiger partial charge in [0.25, 0.3) is 5.91 Å². The minimum Gasteiger partial charge on any atom is -0.387 e. The maximum atomic E-state index is 12.7. The van der Waals surface area contributed by atoms with Gasteiger partial charge < -0.3 is 10.6 Å². The van der Waals surface area contributed by atoms with E-state index < -0.39 is 24.8 Å². The lowest BCUT2D eigenvalue weighted by Gasteiger charge is -2.16. The van der Waals surface area contributed by atoms with E-state index in [1.54, 1.807) is 26.1 Å². The van der Waals surface area contributed by atoms with Crippen molar-refractivity contribution in [2.24, 2.45) is 0 Å². The molecule has 0 atom stereocenters. The van der Waals surface area contributed by atoms with Gasteiger partial charge in [0.1, 0.15) is 0 Å². The van der Waals surface area contributed by atoms with Gasteiger partial charge in [-0.05, 0) is 19.1 Å². The Labute approximate surface area is 108 Å². The van der Waals surface area contributed by atoms with Gasteiger partial charge in [0.05, 0.1) is 12.1 Å². The first-order chi connectivity index (χ1) is 8.77. The Balaban J connectivity index is 2.82. The van der Waals surface area contributed by atoms with Gasteiger partial charge in [0, 0.05) is 12.7 Å². The van der Waals surface area contributed by atoms with Crippen LogP contribution in [0.15, 0.2) is 18.2 Å². The van der Waals surface area contributed by atoms with Crippen molar-refractivity contribution in [3.05, 3.63) is 29.3 Å². The first-order valence-electron chi connectivity index (χ1n) is 5.50. The van der Waals surface area contributed by atoms with E-state index in [0.29, 0.717) is 5.69 Å². The highest BCUT2D eigenvalue weighted by molar-refractivity contribution is 5.99. The number of carbonyl (C=O) groups excluding carboxylic acids is 1. The molecule has 0 aromatic heterocycles. The second-order valence-corrected chi connectivity index (χ2v) is 4.04. The molecule has 0 saturated heterocycles. The van der Waals surface area contributed by atoms with Gasteiger partial charge in [0.2, 0.25) is 0 Å². The fraction of sp³-hybridized carbons (Fsp3) is 0.417. The minimum absolute atomic E-state index is 0.132. The smallest absolute Gasteiger partial charge is 0.324 e. The Hall–Kier alpha value is -1.79. The van der Waals surface area contributed by atoms with Crippen molar-refractivity contribution in [1.29, 1.82) is 0 Å². The van der Waals surface area contributed by atoms with Crippen molar-refractivity contribution in [1.82, 2.24) is 5.32 Å². The van der Waals surface area contributed by atoms with Crippen molar-refractivity contribution >= 4 is 11.6 Å². The monoisotopic (exact) mass is 278 g/mol. The van der Waals surface area contributed by atoms with Crippen molar-refractivity contribution in [3.63, 3.8) is 0 Å². The highest BCUT2D eigenvalue weighted by Crippen LogP contribution is 2.22. The predicted octanol–water partition coefficient (Wildman–Crippen LogP) is 2.67. The van der Waals surface area contributed by atoms with Crippen LogP contribution in [0.25, 0.3) is 0 Å². The molecule has 1 rings (SSSR count). The predicted molar refractivity (Wildman–Crippen MR) is 64.0 cm³/mol. The first kappa shape index (κ1) is 15.3. The summed E-state index contributed by atoms with van der Waals surface area (Å²) in [5, 5.41) is 4.54. The number of halogens is 4.